The Labute approximate surface area is 155 Å². The lowest BCUT2D eigenvalue weighted by Gasteiger charge is -2.10. The first kappa shape index (κ1) is 18.6. The monoisotopic (exact) mass is 400 g/mol. The third-order valence-corrected chi connectivity index (χ3v) is 4.15. The molecule has 1 amide bonds. The number of halogens is 1. The van der Waals surface area contributed by atoms with E-state index in [2.05, 4.69) is 21.2 Å². The molecule has 0 bridgehead atoms. The summed E-state index contributed by atoms with van der Waals surface area (Å²) in [6.07, 6.45) is 1.51. The molecule has 2 aromatic carbocycles. The van der Waals surface area contributed by atoms with Gasteiger partial charge in [-0.05, 0) is 29.3 Å². The lowest BCUT2D eigenvalue weighted by atomic mass is 10.1. The Bertz CT molecular complexity index is 827. The topological polar surface area (TPSA) is 71.3 Å². The second-order valence-electron chi connectivity index (χ2n) is 5.07. The fraction of sp³-hybridized carbons (Fsp3) is 0.158. The lowest BCUT2D eigenvalue weighted by molar-refractivity contribution is -0.117. The van der Waals surface area contributed by atoms with Crippen LogP contribution in [0, 0.1) is 11.3 Å². The molecule has 6 heteroatoms. The molecule has 0 heterocycles. The van der Waals surface area contributed by atoms with Crippen LogP contribution < -0.4 is 14.8 Å². The summed E-state index contributed by atoms with van der Waals surface area (Å²) >= 11 is 3.41. The number of amides is 1. The molecule has 5 nitrogen and oxygen atoms in total. The molecule has 2 aromatic rings. The van der Waals surface area contributed by atoms with Gasteiger partial charge in [0.1, 0.15) is 11.6 Å². The summed E-state index contributed by atoms with van der Waals surface area (Å²) in [6, 6.07) is 14.9. The molecule has 2 rings (SSSR count). The van der Waals surface area contributed by atoms with Crippen LogP contribution in [0.2, 0.25) is 0 Å². The highest BCUT2D eigenvalue weighted by atomic mass is 79.9. The number of nitrogens with zero attached hydrogens (tertiary/aromatic N) is 1. The minimum Gasteiger partial charge on any atom is -0.493 e. The standard InChI is InChI=1S/C19H17BrN2O3/c1-24-17-9-14(16(20)10-18(17)25-2)8-15(11-21)19(23)22-12-13-6-4-3-5-7-13/h3-10H,12H2,1-2H3,(H,22,23)/b15-8-. The molecule has 1 N–H and O–H groups in total. The Morgan fingerprint density at radius 2 is 1.84 bits per heavy atom. The molecular weight excluding hydrogens is 384 g/mol. The molecule has 0 fully saturated rings. The van der Waals surface area contributed by atoms with E-state index in [1.165, 1.54) is 20.3 Å². The van der Waals surface area contributed by atoms with Crippen LogP contribution in [0.15, 0.2) is 52.5 Å². The van der Waals surface area contributed by atoms with E-state index in [0.717, 1.165) is 5.56 Å². The lowest BCUT2D eigenvalue weighted by Crippen LogP contribution is -2.23. The normalized spacial score (nSPS) is 10.7. The van der Waals surface area contributed by atoms with E-state index in [9.17, 15) is 10.1 Å². The fourth-order valence-corrected chi connectivity index (χ4v) is 2.59. The third-order valence-electron chi connectivity index (χ3n) is 3.46. The van der Waals surface area contributed by atoms with Gasteiger partial charge in [-0.15, -0.1) is 0 Å². The van der Waals surface area contributed by atoms with Crippen LogP contribution in [-0.4, -0.2) is 20.1 Å². The molecule has 128 valence electrons. The van der Waals surface area contributed by atoms with E-state index in [4.69, 9.17) is 9.47 Å². The SMILES string of the molecule is COc1cc(Br)c(/C=C(/C#N)C(=O)NCc2ccccc2)cc1OC. The van der Waals surface area contributed by atoms with Crippen LogP contribution >= 0.6 is 15.9 Å². The molecule has 0 unspecified atom stereocenters. The highest BCUT2D eigenvalue weighted by molar-refractivity contribution is 9.10. The number of hydrogen-bond donors (Lipinski definition) is 1. The van der Waals surface area contributed by atoms with Gasteiger partial charge in [-0.25, -0.2) is 0 Å². The first-order valence-electron chi connectivity index (χ1n) is 7.44. The fourth-order valence-electron chi connectivity index (χ4n) is 2.16. The molecule has 0 aliphatic carbocycles. The van der Waals surface area contributed by atoms with Crippen molar-refractivity contribution < 1.29 is 14.3 Å². The van der Waals surface area contributed by atoms with Gasteiger partial charge >= 0.3 is 0 Å². The smallest absolute Gasteiger partial charge is 0.262 e. The molecule has 0 aliphatic heterocycles. The number of nitrogens with one attached hydrogen (secondary N) is 1. The van der Waals surface area contributed by atoms with Crippen molar-refractivity contribution >= 4 is 27.9 Å². The zero-order valence-corrected chi connectivity index (χ0v) is 15.5. The second-order valence-corrected chi connectivity index (χ2v) is 5.92. The molecule has 0 spiro atoms. The van der Waals surface area contributed by atoms with Crippen molar-refractivity contribution in [2.45, 2.75) is 6.54 Å². The second kappa shape index (κ2) is 8.90. The Morgan fingerprint density at radius 1 is 1.20 bits per heavy atom. The Hall–Kier alpha value is -2.78. The number of hydrogen-bond acceptors (Lipinski definition) is 4. The van der Waals surface area contributed by atoms with E-state index < -0.39 is 5.91 Å². The van der Waals surface area contributed by atoms with E-state index in [0.29, 0.717) is 28.1 Å². The van der Waals surface area contributed by atoms with Crippen LogP contribution in [0.1, 0.15) is 11.1 Å². The molecule has 0 radical (unpaired) electrons. The highest BCUT2D eigenvalue weighted by Gasteiger charge is 2.13. The zero-order chi connectivity index (χ0) is 18.2. The summed E-state index contributed by atoms with van der Waals surface area (Å²) in [5.74, 6) is 0.630. The third kappa shape index (κ3) is 4.85. The number of nitriles is 1. The number of rotatable bonds is 6. The first-order valence-corrected chi connectivity index (χ1v) is 8.23. The van der Waals surface area contributed by atoms with Crippen molar-refractivity contribution in [3.05, 3.63) is 63.6 Å². The van der Waals surface area contributed by atoms with Gasteiger partial charge in [-0.3, -0.25) is 4.79 Å². The van der Waals surface area contributed by atoms with Crippen molar-refractivity contribution in [2.75, 3.05) is 14.2 Å². The van der Waals surface area contributed by atoms with E-state index in [1.54, 1.807) is 12.1 Å². The number of benzene rings is 2. The minimum atomic E-state index is -0.437. The number of methoxy groups -OCH3 is 2. The maximum atomic E-state index is 12.3. The molecule has 0 aromatic heterocycles. The van der Waals surface area contributed by atoms with Crippen LogP contribution in [0.5, 0.6) is 11.5 Å². The molecule has 0 atom stereocenters. The van der Waals surface area contributed by atoms with Gasteiger partial charge in [0.25, 0.3) is 5.91 Å². The van der Waals surface area contributed by atoms with Crippen molar-refractivity contribution in [1.82, 2.24) is 5.32 Å². The molecular formula is C19H17BrN2O3. The van der Waals surface area contributed by atoms with Gasteiger partial charge in [-0.2, -0.15) is 5.26 Å². The average Bonchev–Trinajstić information content (AvgIpc) is 2.65. The molecule has 0 saturated heterocycles. The number of carbonyl (C=O) groups excluding carboxylic acids is 1. The predicted octanol–water partition coefficient (Wildman–Crippen LogP) is 3.69. The summed E-state index contributed by atoms with van der Waals surface area (Å²) in [5.41, 5.74) is 1.60. The van der Waals surface area contributed by atoms with Gasteiger partial charge in [-0.1, -0.05) is 46.3 Å². The van der Waals surface area contributed by atoms with Crippen molar-refractivity contribution in [1.29, 1.82) is 5.26 Å². The zero-order valence-electron chi connectivity index (χ0n) is 13.9. The summed E-state index contributed by atoms with van der Waals surface area (Å²) in [6.45, 7) is 0.353. The average molecular weight is 401 g/mol. The van der Waals surface area contributed by atoms with Gasteiger partial charge in [0.2, 0.25) is 0 Å². The summed E-state index contributed by atoms with van der Waals surface area (Å²) in [4.78, 5) is 12.3. The Morgan fingerprint density at radius 3 is 2.44 bits per heavy atom. The number of carbonyl (C=O) groups is 1. The maximum absolute atomic E-state index is 12.3. The maximum Gasteiger partial charge on any atom is 0.262 e. The Balaban J connectivity index is 2.22. The minimum absolute atomic E-state index is 0.00357. The predicted molar refractivity (Wildman–Crippen MR) is 99.1 cm³/mol. The highest BCUT2D eigenvalue weighted by Crippen LogP contribution is 2.34. The van der Waals surface area contributed by atoms with E-state index >= 15 is 0 Å². The quantitative estimate of drug-likeness (QED) is 0.592. The van der Waals surface area contributed by atoms with Crippen molar-refractivity contribution in [3.8, 4) is 17.6 Å². The van der Waals surface area contributed by atoms with E-state index in [-0.39, 0.29) is 5.57 Å². The first-order chi connectivity index (χ1) is 12.1. The van der Waals surface area contributed by atoms with Crippen molar-refractivity contribution in [3.63, 3.8) is 0 Å². The van der Waals surface area contributed by atoms with E-state index in [1.807, 2.05) is 36.4 Å². The molecule has 0 aliphatic rings. The van der Waals surface area contributed by atoms with Crippen LogP contribution in [0.3, 0.4) is 0 Å². The van der Waals surface area contributed by atoms with Gasteiger partial charge < -0.3 is 14.8 Å². The van der Waals surface area contributed by atoms with Crippen LogP contribution in [0.25, 0.3) is 6.08 Å². The number of ether oxygens (including phenoxy) is 2. The Kier molecular flexibility index (Phi) is 6.61. The molecule has 0 saturated carbocycles. The van der Waals surface area contributed by atoms with Crippen LogP contribution in [0.4, 0.5) is 0 Å². The van der Waals surface area contributed by atoms with Crippen molar-refractivity contribution in [2.24, 2.45) is 0 Å². The summed E-state index contributed by atoms with van der Waals surface area (Å²) in [5, 5.41) is 12.1. The van der Waals surface area contributed by atoms with Gasteiger partial charge in [0.05, 0.1) is 14.2 Å². The summed E-state index contributed by atoms with van der Waals surface area (Å²) in [7, 11) is 3.06. The largest absolute Gasteiger partial charge is 0.493 e. The van der Waals surface area contributed by atoms with Gasteiger partial charge in [0, 0.05) is 11.0 Å². The molecule has 25 heavy (non-hydrogen) atoms. The van der Waals surface area contributed by atoms with Gasteiger partial charge in [0.15, 0.2) is 11.5 Å². The summed E-state index contributed by atoms with van der Waals surface area (Å²) < 4.78 is 11.2. The van der Waals surface area contributed by atoms with Crippen LogP contribution in [-0.2, 0) is 11.3 Å².